The molecule has 2 unspecified atom stereocenters. The number of unbranched alkanes of at least 4 members (excludes halogenated alkanes) is 27. The van der Waals surface area contributed by atoms with Crippen LogP contribution in [-0.2, 0) is 23.9 Å². The highest BCUT2D eigenvalue weighted by atomic mass is 16.5. The van der Waals surface area contributed by atoms with Crippen molar-refractivity contribution < 1.29 is 23.9 Å². The van der Waals surface area contributed by atoms with Gasteiger partial charge in [0.15, 0.2) is 0 Å². The van der Waals surface area contributed by atoms with E-state index in [0.717, 1.165) is 109 Å². The lowest BCUT2D eigenvalue weighted by molar-refractivity contribution is -0.150. The Morgan fingerprint density at radius 2 is 0.633 bits per heavy atom. The number of Topliss-reactive ketones (excluding diaryl/α,β-unsaturated/α-hetero) is 1. The van der Waals surface area contributed by atoms with E-state index < -0.39 is 0 Å². The van der Waals surface area contributed by atoms with Gasteiger partial charge in [0.25, 0.3) is 0 Å². The standard InChI is InChI=1S/C55H100O5/c1-5-8-11-14-15-16-17-18-19-20-21-22-30-35-42-49-54(57)59-53(46-39-13-10-7-3)48-41-34-29-25-26-31-36-43-50-55(58)60-52(45-38-12-9-6-2)47-40-33-28-24-23-27-32-37-44-51(4)56/h18-19,33-34,40-41,52-53H,5-17,20-32,35-39,42-50H2,1-4H3/b19-18+,40-33+,41-34+. The number of carbonyl (C=O) groups excluding carboxylic acids is 3. The van der Waals surface area contributed by atoms with Crippen molar-refractivity contribution in [3.63, 3.8) is 0 Å². The molecule has 0 rings (SSSR count). The molecular weight excluding hydrogens is 741 g/mol. The van der Waals surface area contributed by atoms with E-state index in [9.17, 15) is 14.4 Å². The summed E-state index contributed by atoms with van der Waals surface area (Å²) in [5, 5.41) is 0. The number of esters is 2. The fourth-order valence-electron chi connectivity index (χ4n) is 7.84. The maximum atomic E-state index is 12.7. The topological polar surface area (TPSA) is 69.7 Å². The van der Waals surface area contributed by atoms with Crippen molar-refractivity contribution in [2.24, 2.45) is 0 Å². The summed E-state index contributed by atoms with van der Waals surface area (Å²) < 4.78 is 12.0. The molecule has 0 saturated carbocycles. The van der Waals surface area contributed by atoms with E-state index in [-0.39, 0.29) is 24.1 Å². The SMILES string of the molecule is CCCCCCCC/C=C/CCCCCCCC(=O)OC(C/C=C/CCCCCCCC(=O)OC(C/C=C/CCCCCCCC(C)=O)CCCCCC)CCCCCC. The van der Waals surface area contributed by atoms with Gasteiger partial charge in [-0.15, -0.1) is 0 Å². The Labute approximate surface area is 373 Å². The van der Waals surface area contributed by atoms with Crippen molar-refractivity contribution in [2.75, 3.05) is 0 Å². The Kier molecular flexibility index (Phi) is 46.1. The highest BCUT2D eigenvalue weighted by molar-refractivity contribution is 5.75. The minimum Gasteiger partial charge on any atom is -0.462 e. The molecule has 5 nitrogen and oxygen atoms in total. The van der Waals surface area contributed by atoms with Crippen LogP contribution in [0.15, 0.2) is 36.5 Å². The molecular formula is C55H100O5. The van der Waals surface area contributed by atoms with Gasteiger partial charge < -0.3 is 14.3 Å². The van der Waals surface area contributed by atoms with Gasteiger partial charge in [0.05, 0.1) is 0 Å². The molecule has 0 aromatic rings. The third kappa shape index (κ3) is 45.4. The average molecular weight is 841 g/mol. The lowest BCUT2D eigenvalue weighted by Gasteiger charge is -2.17. The average Bonchev–Trinajstić information content (AvgIpc) is 3.23. The lowest BCUT2D eigenvalue weighted by Crippen LogP contribution is -2.17. The second-order valence-corrected chi connectivity index (χ2v) is 18.0. The molecule has 0 fully saturated rings. The molecule has 350 valence electrons. The van der Waals surface area contributed by atoms with E-state index in [1.807, 2.05) is 0 Å². The minimum absolute atomic E-state index is 0.000389. The van der Waals surface area contributed by atoms with Crippen molar-refractivity contribution in [2.45, 2.75) is 297 Å². The summed E-state index contributed by atoms with van der Waals surface area (Å²) in [6, 6.07) is 0. The van der Waals surface area contributed by atoms with Gasteiger partial charge in [-0.2, -0.15) is 0 Å². The fraction of sp³-hybridized carbons (Fsp3) is 0.836. The van der Waals surface area contributed by atoms with Gasteiger partial charge in [-0.05, 0) is 103 Å². The first kappa shape index (κ1) is 57.8. The number of rotatable bonds is 47. The van der Waals surface area contributed by atoms with Crippen LogP contribution in [0.5, 0.6) is 0 Å². The molecule has 0 aromatic heterocycles. The molecule has 0 aliphatic heterocycles. The summed E-state index contributed by atoms with van der Waals surface area (Å²) in [7, 11) is 0. The van der Waals surface area contributed by atoms with E-state index in [1.165, 1.54) is 135 Å². The van der Waals surface area contributed by atoms with Gasteiger partial charge in [0, 0.05) is 32.1 Å². The largest absolute Gasteiger partial charge is 0.462 e. The zero-order chi connectivity index (χ0) is 43.8. The minimum atomic E-state index is -0.0324. The highest BCUT2D eigenvalue weighted by Crippen LogP contribution is 2.18. The third-order valence-electron chi connectivity index (χ3n) is 11.8. The van der Waals surface area contributed by atoms with Crippen molar-refractivity contribution >= 4 is 17.7 Å². The smallest absolute Gasteiger partial charge is 0.306 e. The Bertz CT molecular complexity index is 1030. The second kappa shape index (κ2) is 47.9. The Morgan fingerprint density at radius 3 is 0.983 bits per heavy atom. The van der Waals surface area contributed by atoms with Gasteiger partial charge in [0.1, 0.15) is 18.0 Å². The zero-order valence-electron chi connectivity index (χ0n) is 40.4. The first-order valence-electron chi connectivity index (χ1n) is 26.3. The van der Waals surface area contributed by atoms with Gasteiger partial charge in [-0.1, -0.05) is 186 Å². The molecule has 0 N–H and O–H groups in total. The van der Waals surface area contributed by atoms with Crippen LogP contribution < -0.4 is 0 Å². The van der Waals surface area contributed by atoms with Crippen LogP contribution in [-0.4, -0.2) is 29.9 Å². The molecule has 0 spiro atoms. The molecule has 0 aromatic carbocycles. The fourth-order valence-corrected chi connectivity index (χ4v) is 7.84. The molecule has 0 heterocycles. The summed E-state index contributed by atoms with van der Waals surface area (Å²) in [4.78, 5) is 36.5. The maximum absolute atomic E-state index is 12.7. The monoisotopic (exact) mass is 841 g/mol. The summed E-state index contributed by atoms with van der Waals surface area (Å²) in [6.07, 6.45) is 58.5. The Balaban J connectivity index is 4.22. The molecule has 60 heavy (non-hydrogen) atoms. The normalized spacial score (nSPS) is 12.9. The molecule has 0 amide bonds. The Hall–Kier alpha value is -2.17. The number of ketones is 1. The predicted molar refractivity (Wildman–Crippen MR) is 260 cm³/mol. The van der Waals surface area contributed by atoms with Crippen molar-refractivity contribution in [1.29, 1.82) is 0 Å². The zero-order valence-corrected chi connectivity index (χ0v) is 40.4. The quantitative estimate of drug-likeness (QED) is 0.0347. The van der Waals surface area contributed by atoms with Crippen molar-refractivity contribution in [3.8, 4) is 0 Å². The molecule has 0 saturated heterocycles. The van der Waals surface area contributed by atoms with E-state index in [4.69, 9.17) is 9.47 Å². The molecule has 0 radical (unpaired) electrons. The van der Waals surface area contributed by atoms with Crippen LogP contribution >= 0.6 is 0 Å². The summed E-state index contributed by atoms with van der Waals surface area (Å²) in [5.41, 5.74) is 0. The molecule has 0 aliphatic rings. The van der Waals surface area contributed by atoms with Crippen molar-refractivity contribution in [3.05, 3.63) is 36.5 Å². The summed E-state index contributed by atoms with van der Waals surface area (Å²) in [6.45, 7) is 8.42. The van der Waals surface area contributed by atoms with Crippen LogP contribution in [0.2, 0.25) is 0 Å². The molecule has 2 atom stereocenters. The first-order valence-corrected chi connectivity index (χ1v) is 26.3. The van der Waals surface area contributed by atoms with Crippen LogP contribution in [0, 0.1) is 0 Å². The van der Waals surface area contributed by atoms with Gasteiger partial charge in [-0.25, -0.2) is 0 Å². The molecule has 0 aliphatic carbocycles. The predicted octanol–water partition coefficient (Wildman–Crippen LogP) is 17.7. The lowest BCUT2D eigenvalue weighted by atomic mass is 10.0. The van der Waals surface area contributed by atoms with Gasteiger partial charge in [-0.3, -0.25) is 9.59 Å². The number of hydrogen-bond donors (Lipinski definition) is 0. The maximum Gasteiger partial charge on any atom is 0.306 e. The van der Waals surface area contributed by atoms with E-state index in [1.54, 1.807) is 6.92 Å². The molecule has 0 bridgehead atoms. The second-order valence-electron chi connectivity index (χ2n) is 18.0. The van der Waals surface area contributed by atoms with Crippen molar-refractivity contribution in [1.82, 2.24) is 0 Å². The van der Waals surface area contributed by atoms with Crippen LogP contribution in [0.25, 0.3) is 0 Å². The number of ether oxygens (including phenoxy) is 2. The van der Waals surface area contributed by atoms with E-state index in [0.29, 0.717) is 18.6 Å². The van der Waals surface area contributed by atoms with E-state index >= 15 is 0 Å². The summed E-state index contributed by atoms with van der Waals surface area (Å²) in [5.74, 6) is 0.253. The number of hydrogen-bond acceptors (Lipinski definition) is 5. The van der Waals surface area contributed by atoms with Gasteiger partial charge >= 0.3 is 11.9 Å². The third-order valence-corrected chi connectivity index (χ3v) is 11.8. The van der Waals surface area contributed by atoms with Crippen LogP contribution in [0.3, 0.4) is 0 Å². The highest BCUT2D eigenvalue weighted by Gasteiger charge is 2.14. The molecule has 5 heteroatoms. The van der Waals surface area contributed by atoms with Crippen LogP contribution in [0.1, 0.15) is 285 Å². The number of allylic oxidation sites excluding steroid dienone is 4. The first-order chi connectivity index (χ1) is 29.4. The summed E-state index contributed by atoms with van der Waals surface area (Å²) >= 11 is 0. The van der Waals surface area contributed by atoms with E-state index in [2.05, 4.69) is 57.2 Å². The van der Waals surface area contributed by atoms with Crippen LogP contribution in [0.4, 0.5) is 0 Å². The number of carbonyl (C=O) groups is 3. The van der Waals surface area contributed by atoms with Gasteiger partial charge in [0.2, 0.25) is 0 Å². The Morgan fingerprint density at radius 1 is 0.350 bits per heavy atom.